The van der Waals surface area contributed by atoms with Gasteiger partial charge in [0.2, 0.25) is 0 Å². The fourth-order valence-electron chi connectivity index (χ4n) is 4.39. The van der Waals surface area contributed by atoms with Crippen molar-refractivity contribution in [1.82, 2.24) is 19.8 Å². The molecule has 0 amide bonds. The number of para-hydroxylation sites is 2. The highest BCUT2D eigenvalue weighted by molar-refractivity contribution is 5.80. The van der Waals surface area contributed by atoms with E-state index in [0.29, 0.717) is 0 Å². The summed E-state index contributed by atoms with van der Waals surface area (Å²) in [6.07, 6.45) is 7.56. The van der Waals surface area contributed by atoms with E-state index >= 15 is 0 Å². The highest BCUT2D eigenvalue weighted by Gasteiger charge is 2.35. The molecule has 1 aromatic carbocycles. The van der Waals surface area contributed by atoms with Gasteiger partial charge in [0.05, 0.1) is 17.4 Å². The van der Waals surface area contributed by atoms with Crippen molar-refractivity contribution in [3.63, 3.8) is 0 Å². The van der Waals surface area contributed by atoms with Gasteiger partial charge < -0.3 is 14.8 Å². The molecule has 2 aliphatic rings. The minimum absolute atomic E-state index is 0.874. The Labute approximate surface area is 143 Å². The second-order valence-electron chi connectivity index (χ2n) is 7.11. The largest absolute Gasteiger partial charge is 0.354 e. The summed E-state index contributed by atoms with van der Waals surface area (Å²) in [7, 11) is 1.90. The summed E-state index contributed by atoms with van der Waals surface area (Å²) in [5, 5.41) is 3.55. The van der Waals surface area contributed by atoms with E-state index in [2.05, 4.69) is 43.0 Å². The summed E-state index contributed by atoms with van der Waals surface area (Å²) in [5.41, 5.74) is 2.26. The van der Waals surface area contributed by atoms with Crippen LogP contribution in [0.2, 0.25) is 0 Å². The number of aliphatic imine (C=N–C) groups is 1. The second-order valence-corrected chi connectivity index (χ2v) is 7.11. The molecule has 0 radical (unpaired) electrons. The normalized spacial score (nSPS) is 24.4. The highest BCUT2D eigenvalue weighted by Crippen LogP contribution is 2.35. The van der Waals surface area contributed by atoms with Crippen molar-refractivity contribution < 1.29 is 0 Å². The Hall–Kier alpha value is -2.04. The molecule has 4 rings (SSSR count). The number of hydrogen-bond donors (Lipinski definition) is 1. The third kappa shape index (κ3) is 2.99. The van der Waals surface area contributed by atoms with E-state index in [4.69, 9.17) is 0 Å². The first-order chi connectivity index (χ1) is 11.8. The molecule has 5 heteroatoms. The fourth-order valence-corrected chi connectivity index (χ4v) is 4.39. The molecule has 1 N–H and O–H groups in total. The van der Waals surface area contributed by atoms with Crippen LogP contribution < -0.4 is 5.32 Å². The summed E-state index contributed by atoms with van der Waals surface area (Å²) < 4.78 is 2.21. The number of nitrogens with one attached hydrogen (secondary N) is 1. The van der Waals surface area contributed by atoms with Crippen molar-refractivity contribution >= 4 is 17.0 Å². The van der Waals surface area contributed by atoms with E-state index < -0.39 is 0 Å². The lowest BCUT2D eigenvalue weighted by atomic mass is 9.82. The number of imidazole rings is 1. The molecule has 1 aromatic heterocycles. The molecule has 1 saturated carbocycles. The Morgan fingerprint density at radius 1 is 1.21 bits per heavy atom. The first kappa shape index (κ1) is 15.5. The summed E-state index contributed by atoms with van der Waals surface area (Å²) in [5.74, 6) is 2.83. The van der Waals surface area contributed by atoms with E-state index in [1.54, 1.807) is 0 Å². The predicted molar refractivity (Wildman–Crippen MR) is 98.1 cm³/mol. The third-order valence-electron chi connectivity index (χ3n) is 5.65. The van der Waals surface area contributed by atoms with Crippen LogP contribution in [0.15, 0.2) is 35.6 Å². The van der Waals surface area contributed by atoms with Gasteiger partial charge in [-0.2, -0.15) is 0 Å². The Morgan fingerprint density at radius 3 is 2.71 bits per heavy atom. The van der Waals surface area contributed by atoms with Crippen molar-refractivity contribution in [2.45, 2.75) is 32.2 Å². The van der Waals surface area contributed by atoms with Gasteiger partial charge in [0.15, 0.2) is 5.96 Å². The average molecular weight is 325 g/mol. The van der Waals surface area contributed by atoms with E-state index in [-0.39, 0.29) is 0 Å². The predicted octanol–water partition coefficient (Wildman–Crippen LogP) is 2.73. The number of nitrogens with zero attached hydrogens (tertiary/aromatic N) is 4. The molecule has 1 saturated heterocycles. The summed E-state index contributed by atoms with van der Waals surface area (Å²) in [4.78, 5) is 11.4. The summed E-state index contributed by atoms with van der Waals surface area (Å²) in [6, 6.07) is 8.29. The molecule has 128 valence electrons. The van der Waals surface area contributed by atoms with Crippen molar-refractivity contribution in [2.75, 3.05) is 26.7 Å². The Balaban J connectivity index is 1.34. The fraction of sp³-hybridized carbons (Fsp3) is 0.579. The maximum Gasteiger partial charge on any atom is 0.193 e. The van der Waals surface area contributed by atoms with Gasteiger partial charge in [0.25, 0.3) is 0 Å². The highest BCUT2D eigenvalue weighted by atomic mass is 15.3. The van der Waals surface area contributed by atoms with Gasteiger partial charge in [0, 0.05) is 33.2 Å². The number of likely N-dealkylation sites (tertiary alicyclic amines) is 1. The smallest absolute Gasteiger partial charge is 0.193 e. The van der Waals surface area contributed by atoms with Gasteiger partial charge in [-0.1, -0.05) is 25.0 Å². The van der Waals surface area contributed by atoms with E-state index in [1.807, 2.05) is 19.4 Å². The second kappa shape index (κ2) is 6.83. The lowest BCUT2D eigenvalue weighted by Gasteiger charge is -2.22. The molecule has 0 bridgehead atoms. The number of fused-ring (bicyclic) bond motifs is 2. The molecule has 24 heavy (non-hydrogen) atoms. The SMILES string of the molecule is CN=C(NCCn1cnc2ccccc21)N1CC2CCCCC2C1. The molecule has 2 aromatic rings. The Bertz CT molecular complexity index is 705. The van der Waals surface area contributed by atoms with E-state index in [1.165, 1.54) is 44.3 Å². The minimum Gasteiger partial charge on any atom is -0.354 e. The van der Waals surface area contributed by atoms with Crippen LogP contribution in [0, 0.1) is 11.8 Å². The molecule has 1 aliphatic heterocycles. The standard InChI is InChI=1S/C19H27N5/c1-20-19(24-12-15-6-2-3-7-16(15)13-24)21-10-11-23-14-22-17-8-4-5-9-18(17)23/h4-5,8-9,14-16H,2-3,6-7,10-13H2,1H3,(H,20,21). The Kier molecular flexibility index (Phi) is 4.41. The maximum atomic E-state index is 4.52. The number of aromatic nitrogens is 2. The first-order valence-electron chi connectivity index (χ1n) is 9.20. The zero-order valence-electron chi connectivity index (χ0n) is 14.5. The first-order valence-corrected chi connectivity index (χ1v) is 9.20. The van der Waals surface area contributed by atoms with Crippen LogP contribution >= 0.6 is 0 Å². The van der Waals surface area contributed by atoms with Crippen molar-refractivity contribution in [2.24, 2.45) is 16.8 Å². The summed E-state index contributed by atoms with van der Waals surface area (Å²) >= 11 is 0. The van der Waals surface area contributed by atoms with Crippen molar-refractivity contribution in [3.05, 3.63) is 30.6 Å². The monoisotopic (exact) mass is 325 g/mol. The molecule has 5 nitrogen and oxygen atoms in total. The maximum absolute atomic E-state index is 4.52. The van der Waals surface area contributed by atoms with Gasteiger partial charge >= 0.3 is 0 Å². The topological polar surface area (TPSA) is 45.5 Å². The van der Waals surface area contributed by atoms with Gasteiger partial charge in [-0.3, -0.25) is 4.99 Å². The number of guanidine groups is 1. The van der Waals surface area contributed by atoms with Crippen LogP contribution in [0.1, 0.15) is 25.7 Å². The lowest BCUT2D eigenvalue weighted by Crippen LogP contribution is -2.41. The zero-order chi connectivity index (χ0) is 16.4. The van der Waals surface area contributed by atoms with Crippen LogP contribution in [0.25, 0.3) is 11.0 Å². The molecule has 2 heterocycles. The molecule has 2 atom stereocenters. The quantitative estimate of drug-likeness (QED) is 0.697. The minimum atomic E-state index is 0.874. The van der Waals surface area contributed by atoms with E-state index in [9.17, 15) is 0 Å². The van der Waals surface area contributed by atoms with Crippen LogP contribution in [0.3, 0.4) is 0 Å². The van der Waals surface area contributed by atoms with Gasteiger partial charge in [-0.25, -0.2) is 4.98 Å². The number of benzene rings is 1. The van der Waals surface area contributed by atoms with Crippen molar-refractivity contribution in [3.8, 4) is 0 Å². The molecule has 0 spiro atoms. The molecular weight excluding hydrogens is 298 g/mol. The molecule has 1 aliphatic carbocycles. The van der Waals surface area contributed by atoms with Crippen LogP contribution in [-0.2, 0) is 6.54 Å². The average Bonchev–Trinajstić information content (AvgIpc) is 3.23. The summed E-state index contributed by atoms with van der Waals surface area (Å²) in [6.45, 7) is 4.13. The van der Waals surface area contributed by atoms with Gasteiger partial charge in [0.1, 0.15) is 0 Å². The molecule has 2 fully saturated rings. The van der Waals surface area contributed by atoms with Gasteiger partial charge in [-0.15, -0.1) is 0 Å². The number of hydrogen-bond acceptors (Lipinski definition) is 2. The van der Waals surface area contributed by atoms with Gasteiger partial charge in [-0.05, 0) is 36.8 Å². The zero-order valence-corrected chi connectivity index (χ0v) is 14.5. The molecular formula is C19H27N5. The molecule has 2 unspecified atom stereocenters. The number of rotatable bonds is 3. The van der Waals surface area contributed by atoms with Crippen molar-refractivity contribution in [1.29, 1.82) is 0 Å². The van der Waals surface area contributed by atoms with E-state index in [0.717, 1.165) is 36.4 Å². The van der Waals surface area contributed by atoms with Crippen LogP contribution in [0.4, 0.5) is 0 Å². The van der Waals surface area contributed by atoms with Crippen LogP contribution in [-0.4, -0.2) is 47.1 Å². The van der Waals surface area contributed by atoms with Crippen LogP contribution in [0.5, 0.6) is 0 Å². The Morgan fingerprint density at radius 2 is 1.96 bits per heavy atom. The lowest BCUT2D eigenvalue weighted by molar-refractivity contribution is 0.299. The third-order valence-corrected chi connectivity index (χ3v) is 5.65.